The van der Waals surface area contributed by atoms with Gasteiger partial charge in [-0.05, 0) is 91.6 Å². The molecular formula is C28H43F3O. The molecule has 0 aromatic carbocycles. The largest absolute Gasteiger partial charge is 0.393 e. The molecule has 32 heavy (non-hydrogen) atoms. The second kappa shape index (κ2) is 10.1. The molecule has 0 amide bonds. The predicted octanol–water partition coefficient (Wildman–Crippen LogP) is 8.41. The Morgan fingerprint density at radius 1 is 1.19 bits per heavy atom. The lowest BCUT2D eigenvalue weighted by molar-refractivity contribution is -0.171. The quantitative estimate of drug-likeness (QED) is 0.429. The molecule has 0 spiro atoms. The highest BCUT2D eigenvalue weighted by Gasteiger charge is 2.50. The lowest BCUT2D eigenvalue weighted by Crippen LogP contribution is -2.36. The van der Waals surface area contributed by atoms with Gasteiger partial charge >= 0.3 is 6.18 Å². The van der Waals surface area contributed by atoms with Crippen LogP contribution in [0, 0.1) is 35.0 Å². The minimum atomic E-state index is -4.07. The predicted molar refractivity (Wildman–Crippen MR) is 126 cm³/mol. The number of hydrogen-bond acceptors (Lipinski definition) is 1. The minimum Gasteiger partial charge on any atom is -0.393 e. The number of halogens is 3. The molecule has 0 aromatic rings. The fourth-order valence-corrected chi connectivity index (χ4v) is 7.04. The molecule has 182 valence electrons. The Kier molecular flexibility index (Phi) is 8.06. The summed E-state index contributed by atoms with van der Waals surface area (Å²) in [6.07, 6.45) is 9.44. The van der Waals surface area contributed by atoms with E-state index in [-0.39, 0.29) is 17.9 Å². The van der Waals surface area contributed by atoms with E-state index in [1.807, 2.05) is 0 Å². The normalized spacial score (nSPS) is 38.2. The van der Waals surface area contributed by atoms with Gasteiger partial charge in [0.25, 0.3) is 0 Å². The maximum absolute atomic E-state index is 12.8. The van der Waals surface area contributed by atoms with E-state index in [1.54, 1.807) is 0 Å². The van der Waals surface area contributed by atoms with Crippen LogP contribution < -0.4 is 0 Å². The first-order chi connectivity index (χ1) is 14.9. The van der Waals surface area contributed by atoms with Crippen molar-refractivity contribution in [2.45, 2.75) is 104 Å². The number of rotatable bonds is 6. The molecule has 0 heterocycles. The van der Waals surface area contributed by atoms with Crippen molar-refractivity contribution in [1.29, 1.82) is 0 Å². The van der Waals surface area contributed by atoms with Crippen LogP contribution in [0.1, 0.15) is 91.9 Å². The van der Waals surface area contributed by atoms with Gasteiger partial charge in [-0.2, -0.15) is 13.2 Å². The summed E-state index contributed by atoms with van der Waals surface area (Å²) in [4.78, 5) is 0. The van der Waals surface area contributed by atoms with Gasteiger partial charge < -0.3 is 5.11 Å². The van der Waals surface area contributed by atoms with Gasteiger partial charge in [-0.25, -0.2) is 0 Å². The monoisotopic (exact) mass is 452 g/mol. The summed E-state index contributed by atoms with van der Waals surface area (Å²) >= 11 is 0. The van der Waals surface area contributed by atoms with Gasteiger partial charge in [0.1, 0.15) is 0 Å². The third-order valence-electron chi connectivity index (χ3n) is 9.17. The molecule has 3 rings (SSSR count). The van der Waals surface area contributed by atoms with Crippen molar-refractivity contribution in [3.05, 3.63) is 35.5 Å². The molecule has 0 radical (unpaired) electrons. The SMILES string of the molecule is C=C1/C(=C\C=C2/CCCC3(C)C2CCC3C(C)CCCC(C)C(F)(F)F)C[C@@H](O)C[C@@H]1C. The van der Waals surface area contributed by atoms with E-state index in [0.29, 0.717) is 36.5 Å². The summed E-state index contributed by atoms with van der Waals surface area (Å²) in [5.74, 6) is 0.772. The molecule has 3 aliphatic carbocycles. The molecule has 0 saturated heterocycles. The zero-order valence-electron chi connectivity index (χ0n) is 20.5. The highest BCUT2D eigenvalue weighted by molar-refractivity contribution is 5.37. The van der Waals surface area contributed by atoms with Crippen LogP contribution >= 0.6 is 0 Å². The van der Waals surface area contributed by atoms with Gasteiger partial charge in [0.05, 0.1) is 12.0 Å². The molecule has 3 saturated carbocycles. The summed E-state index contributed by atoms with van der Waals surface area (Å²) in [6, 6.07) is 0. The minimum absolute atomic E-state index is 0.244. The lowest BCUT2D eigenvalue weighted by Gasteiger charge is -2.44. The van der Waals surface area contributed by atoms with Crippen molar-refractivity contribution in [2.75, 3.05) is 0 Å². The number of fused-ring (bicyclic) bond motifs is 1. The molecule has 7 atom stereocenters. The van der Waals surface area contributed by atoms with E-state index in [9.17, 15) is 18.3 Å². The van der Waals surface area contributed by atoms with E-state index >= 15 is 0 Å². The van der Waals surface area contributed by atoms with Crippen LogP contribution in [0.3, 0.4) is 0 Å². The summed E-state index contributed by atoms with van der Waals surface area (Å²) in [6.45, 7) is 12.4. The van der Waals surface area contributed by atoms with Crippen molar-refractivity contribution in [1.82, 2.24) is 0 Å². The first-order valence-electron chi connectivity index (χ1n) is 12.8. The van der Waals surface area contributed by atoms with Crippen LogP contribution in [0.25, 0.3) is 0 Å². The maximum atomic E-state index is 12.8. The average molecular weight is 453 g/mol. The highest BCUT2D eigenvalue weighted by atomic mass is 19.4. The van der Waals surface area contributed by atoms with Gasteiger partial charge in [-0.1, -0.05) is 64.8 Å². The van der Waals surface area contributed by atoms with Crippen LogP contribution in [0.15, 0.2) is 35.5 Å². The van der Waals surface area contributed by atoms with Crippen LogP contribution in [0.5, 0.6) is 0 Å². The third-order valence-corrected chi connectivity index (χ3v) is 9.17. The van der Waals surface area contributed by atoms with Gasteiger partial charge in [0.2, 0.25) is 0 Å². The summed E-state index contributed by atoms with van der Waals surface area (Å²) < 4.78 is 38.5. The fraction of sp³-hybridized carbons (Fsp3) is 0.786. The first kappa shape index (κ1) is 25.6. The maximum Gasteiger partial charge on any atom is 0.391 e. The van der Waals surface area contributed by atoms with E-state index in [1.165, 1.54) is 43.8 Å². The van der Waals surface area contributed by atoms with Crippen molar-refractivity contribution in [3.8, 4) is 0 Å². The molecule has 0 aliphatic heterocycles. The standard InChI is InChI=1S/C28H43F3O/c1-18(8-6-9-20(3)28(29,30)31)25-13-14-26-22(10-7-15-27(25,26)5)11-12-23-17-24(32)16-19(2)21(23)4/h11-12,18-20,24-26,32H,4,6-10,13-17H2,1-3,5H3/b22-11+,23-12-/t18?,19-,20?,24-,25?,26?,27?/m0/s1. The Bertz CT molecular complexity index is 733. The Morgan fingerprint density at radius 3 is 2.59 bits per heavy atom. The van der Waals surface area contributed by atoms with Crippen LogP contribution in [0.4, 0.5) is 13.2 Å². The van der Waals surface area contributed by atoms with Crippen molar-refractivity contribution in [3.63, 3.8) is 0 Å². The van der Waals surface area contributed by atoms with E-state index < -0.39 is 12.1 Å². The molecule has 3 fully saturated rings. The second-order valence-corrected chi connectivity index (χ2v) is 11.4. The Morgan fingerprint density at radius 2 is 1.91 bits per heavy atom. The number of aliphatic hydroxyl groups is 1. The van der Waals surface area contributed by atoms with Crippen LogP contribution in [-0.2, 0) is 0 Å². The third kappa shape index (κ3) is 5.54. The average Bonchev–Trinajstić information content (AvgIpc) is 3.06. The van der Waals surface area contributed by atoms with Crippen LogP contribution in [0.2, 0.25) is 0 Å². The molecule has 0 aromatic heterocycles. The number of hydrogen-bond donors (Lipinski definition) is 1. The smallest absolute Gasteiger partial charge is 0.391 e. The van der Waals surface area contributed by atoms with E-state index in [0.717, 1.165) is 24.8 Å². The Hall–Kier alpha value is -1.03. The van der Waals surface area contributed by atoms with Crippen molar-refractivity contribution < 1.29 is 18.3 Å². The number of alkyl halides is 3. The molecule has 0 bridgehead atoms. The molecule has 3 aliphatic rings. The summed E-state index contributed by atoms with van der Waals surface area (Å²) in [5, 5.41) is 10.2. The van der Waals surface area contributed by atoms with Gasteiger partial charge in [-0.15, -0.1) is 0 Å². The lowest BCUT2D eigenvalue weighted by atomic mass is 9.60. The fourth-order valence-electron chi connectivity index (χ4n) is 7.04. The second-order valence-electron chi connectivity index (χ2n) is 11.4. The van der Waals surface area contributed by atoms with Gasteiger partial charge in [-0.3, -0.25) is 0 Å². The highest BCUT2D eigenvalue weighted by Crippen LogP contribution is 2.60. The first-order valence-corrected chi connectivity index (χ1v) is 12.8. The topological polar surface area (TPSA) is 20.2 Å². The zero-order chi connectivity index (χ0) is 23.7. The molecule has 1 nitrogen and oxygen atoms in total. The number of allylic oxidation sites excluding steroid dienone is 4. The van der Waals surface area contributed by atoms with Crippen LogP contribution in [-0.4, -0.2) is 17.4 Å². The Balaban J connectivity index is 1.66. The molecule has 4 heteroatoms. The number of aliphatic hydroxyl groups excluding tert-OH is 1. The molecule has 1 N–H and O–H groups in total. The summed E-state index contributed by atoms with van der Waals surface area (Å²) in [5.41, 5.74) is 4.15. The van der Waals surface area contributed by atoms with E-state index in [4.69, 9.17) is 0 Å². The van der Waals surface area contributed by atoms with E-state index in [2.05, 4.69) is 39.5 Å². The Labute approximate surface area is 193 Å². The van der Waals surface area contributed by atoms with Crippen molar-refractivity contribution >= 4 is 0 Å². The van der Waals surface area contributed by atoms with Gasteiger partial charge in [0, 0.05) is 0 Å². The van der Waals surface area contributed by atoms with Gasteiger partial charge in [0.15, 0.2) is 0 Å². The zero-order valence-corrected chi connectivity index (χ0v) is 20.5. The summed E-state index contributed by atoms with van der Waals surface area (Å²) in [7, 11) is 0. The molecular weight excluding hydrogens is 409 g/mol. The molecule has 5 unspecified atom stereocenters. The van der Waals surface area contributed by atoms with Crippen molar-refractivity contribution in [2.24, 2.45) is 35.0 Å².